The van der Waals surface area contributed by atoms with Gasteiger partial charge < -0.3 is 10.1 Å². The summed E-state index contributed by atoms with van der Waals surface area (Å²) in [7, 11) is 0. The van der Waals surface area contributed by atoms with Gasteiger partial charge in [0.15, 0.2) is 0 Å². The number of ether oxygens (including phenoxy) is 1. The lowest BCUT2D eigenvalue weighted by Crippen LogP contribution is -2.41. The lowest BCUT2D eigenvalue weighted by molar-refractivity contribution is 0.0499. The largest absolute Gasteiger partial charge is 0.444 e. The number of hydrogen-bond donors (Lipinski definition) is 1. The van der Waals surface area contributed by atoms with Crippen LogP contribution in [0, 0.1) is 0 Å². The molecule has 0 radical (unpaired) electrons. The van der Waals surface area contributed by atoms with Gasteiger partial charge in [-0.1, -0.05) is 35.9 Å². The van der Waals surface area contributed by atoms with Crippen molar-refractivity contribution in [1.82, 2.24) is 5.32 Å². The SMILES string of the molecule is CC(C)(C)OC(=O)NC1Cc2ccccc2C1Cc1ccc(Cl)s1. The maximum atomic E-state index is 12.2. The summed E-state index contributed by atoms with van der Waals surface area (Å²) in [6, 6.07) is 12.4. The van der Waals surface area contributed by atoms with Gasteiger partial charge in [0.1, 0.15) is 5.60 Å². The highest BCUT2D eigenvalue weighted by molar-refractivity contribution is 7.16. The number of amides is 1. The van der Waals surface area contributed by atoms with E-state index in [9.17, 15) is 4.79 Å². The van der Waals surface area contributed by atoms with Gasteiger partial charge in [0.25, 0.3) is 0 Å². The summed E-state index contributed by atoms with van der Waals surface area (Å²) in [5.74, 6) is 0.239. The Balaban J connectivity index is 1.78. The first-order valence-electron chi connectivity index (χ1n) is 8.13. The summed E-state index contributed by atoms with van der Waals surface area (Å²) < 4.78 is 6.23. The fourth-order valence-corrected chi connectivity index (χ4v) is 4.36. The minimum atomic E-state index is -0.494. The topological polar surface area (TPSA) is 38.3 Å². The minimum Gasteiger partial charge on any atom is -0.444 e. The van der Waals surface area contributed by atoms with Crippen molar-refractivity contribution in [2.24, 2.45) is 0 Å². The lowest BCUT2D eigenvalue weighted by atomic mass is 9.94. The van der Waals surface area contributed by atoms with E-state index in [2.05, 4.69) is 29.6 Å². The van der Waals surface area contributed by atoms with Crippen LogP contribution in [0.25, 0.3) is 0 Å². The van der Waals surface area contributed by atoms with Crippen molar-refractivity contribution >= 4 is 29.0 Å². The Morgan fingerprint density at radius 2 is 2.04 bits per heavy atom. The van der Waals surface area contributed by atoms with Crippen LogP contribution in [0.15, 0.2) is 36.4 Å². The number of rotatable bonds is 3. The third-order valence-electron chi connectivity index (χ3n) is 4.13. The monoisotopic (exact) mass is 363 g/mol. The van der Waals surface area contributed by atoms with Crippen molar-refractivity contribution in [2.45, 2.75) is 51.2 Å². The molecule has 1 amide bonds. The minimum absolute atomic E-state index is 0.0399. The molecule has 2 unspecified atom stereocenters. The molecule has 1 aliphatic rings. The third kappa shape index (κ3) is 4.11. The number of carbonyl (C=O) groups is 1. The van der Waals surface area contributed by atoms with Crippen molar-refractivity contribution in [1.29, 1.82) is 0 Å². The van der Waals surface area contributed by atoms with Crippen LogP contribution in [-0.4, -0.2) is 17.7 Å². The number of alkyl carbamates (subject to hydrolysis) is 1. The van der Waals surface area contributed by atoms with Gasteiger partial charge in [-0.3, -0.25) is 0 Å². The average molecular weight is 364 g/mol. The van der Waals surface area contributed by atoms with Crippen molar-refractivity contribution in [3.8, 4) is 0 Å². The first-order chi connectivity index (χ1) is 11.3. The van der Waals surface area contributed by atoms with Crippen molar-refractivity contribution in [3.63, 3.8) is 0 Å². The number of carbonyl (C=O) groups excluding carboxylic acids is 1. The number of nitrogens with one attached hydrogen (secondary N) is 1. The number of hydrogen-bond acceptors (Lipinski definition) is 3. The summed E-state index contributed by atoms with van der Waals surface area (Å²) in [6.45, 7) is 5.63. The molecule has 0 saturated heterocycles. The highest BCUT2D eigenvalue weighted by atomic mass is 35.5. The van der Waals surface area contributed by atoms with Crippen LogP contribution in [0.1, 0.15) is 42.7 Å². The number of benzene rings is 1. The van der Waals surface area contributed by atoms with Gasteiger partial charge in [-0.05, 0) is 56.9 Å². The predicted molar refractivity (Wildman–Crippen MR) is 99.1 cm³/mol. The van der Waals surface area contributed by atoms with E-state index in [1.165, 1.54) is 16.0 Å². The highest BCUT2D eigenvalue weighted by Crippen LogP contribution is 2.37. The Bertz CT molecular complexity index is 735. The fraction of sp³-hybridized carbons (Fsp3) is 0.421. The molecule has 1 aromatic heterocycles. The number of thiophene rings is 1. The number of fused-ring (bicyclic) bond motifs is 1. The second-order valence-electron chi connectivity index (χ2n) is 7.17. The first kappa shape index (κ1) is 17.3. The summed E-state index contributed by atoms with van der Waals surface area (Å²) in [5.41, 5.74) is 2.11. The second-order valence-corrected chi connectivity index (χ2v) is 8.97. The second kappa shape index (κ2) is 6.77. The standard InChI is InChI=1S/C19H22ClNO2S/c1-19(2,3)23-18(22)21-16-10-12-6-4-5-7-14(12)15(16)11-13-8-9-17(20)24-13/h4-9,15-16H,10-11H2,1-3H3,(H,21,22). The van der Waals surface area contributed by atoms with Crippen molar-refractivity contribution in [2.75, 3.05) is 0 Å². The van der Waals surface area contributed by atoms with E-state index in [4.69, 9.17) is 16.3 Å². The van der Waals surface area contributed by atoms with Gasteiger partial charge in [0.05, 0.1) is 4.34 Å². The quantitative estimate of drug-likeness (QED) is 0.816. The maximum Gasteiger partial charge on any atom is 0.407 e. The van der Waals surface area contributed by atoms with Gasteiger partial charge in [-0.2, -0.15) is 0 Å². The zero-order valence-corrected chi connectivity index (χ0v) is 15.7. The molecule has 2 atom stereocenters. The van der Waals surface area contributed by atoms with Crippen LogP contribution in [0.3, 0.4) is 0 Å². The zero-order chi connectivity index (χ0) is 17.3. The molecule has 0 bridgehead atoms. The average Bonchev–Trinajstić information content (AvgIpc) is 3.02. The number of halogens is 1. The fourth-order valence-electron chi connectivity index (χ4n) is 3.22. The molecule has 1 heterocycles. The molecule has 1 N–H and O–H groups in total. The molecular formula is C19H22ClNO2S. The van der Waals surface area contributed by atoms with Gasteiger partial charge >= 0.3 is 6.09 Å². The zero-order valence-electron chi connectivity index (χ0n) is 14.1. The maximum absolute atomic E-state index is 12.2. The Morgan fingerprint density at radius 3 is 2.71 bits per heavy atom. The molecular weight excluding hydrogens is 342 g/mol. The molecule has 0 spiro atoms. The molecule has 5 heteroatoms. The van der Waals surface area contributed by atoms with Crippen molar-refractivity contribution < 1.29 is 9.53 Å². The Morgan fingerprint density at radius 1 is 1.29 bits per heavy atom. The molecule has 128 valence electrons. The summed E-state index contributed by atoms with van der Waals surface area (Å²) in [6.07, 6.45) is 1.35. The van der Waals surface area contributed by atoms with E-state index in [1.807, 2.05) is 32.9 Å². The van der Waals surface area contributed by atoms with Crippen LogP contribution in [0.5, 0.6) is 0 Å². The van der Waals surface area contributed by atoms with Gasteiger partial charge in [-0.15, -0.1) is 11.3 Å². The molecule has 0 fully saturated rings. The molecule has 2 aromatic rings. The molecule has 3 rings (SSSR count). The Kier molecular flexibility index (Phi) is 4.88. The van der Waals surface area contributed by atoms with Crippen LogP contribution in [-0.2, 0) is 17.6 Å². The molecule has 0 saturated carbocycles. The van der Waals surface area contributed by atoms with E-state index >= 15 is 0 Å². The molecule has 1 aromatic carbocycles. The van der Waals surface area contributed by atoms with Gasteiger partial charge in [0, 0.05) is 16.8 Å². The summed E-state index contributed by atoms with van der Waals surface area (Å²) >= 11 is 7.67. The Hall–Kier alpha value is -1.52. The van der Waals surface area contributed by atoms with E-state index in [0.29, 0.717) is 0 Å². The van der Waals surface area contributed by atoms with Crippen LogP contribution in [0.4, 0.5) is 4.79 Å². The first-order valence-corrected chi connectivity index (χ1v) is 9.33. The van der Waals surface area contributed by atoms with Crippen molar-refractivity contribution in [3.05, 3.63) is 56.7 Å². The highest BCUT2D eigenvalue weighted by Gasteiger charge is 2.34. The smallest absolute Gasteiger partial charge is 0.407 e. The van der Waals surface area contributed by atoms with E-state index < -0.39 is 5.60 Å². The van der Waals surface area contributed by atoms with E-state index in [1.54, 1.807) is 11.3 Å². The van der Waals surface area contributed by atoms with E-state index in [0.717, 1.165) is 17.2 Å². The predicted octanol–water partition coefficient (Wildman–Crippen LogP) is 5.18. The van der Waals surface area contributed by atoms with Crippen LogP contribution in [0.2, 0.25) is 4.34 Å². The third-order valence-corrected chi connectivity index (χ3v) is 5.39. The lowest BCUT2D eigenvalue weighted by Gasteiger charge is -2.25. The molecule has 1 aliphatic carbocycles. The summed E-state index contributed by atoms with van der Waals surface area (Å²) in [4.78, 5) is 13.4. The molecule has 0 aliphatic heterocycles. The van der Waals surface area contributed by atoms with Crippen LogP contribution >= 0.6 is 22.9 Å². The van der Waals surface area contributed by atoms with Gasteiger partial charge in [0.2, 0.25) is 0 Å². The normalized spacial score (nSPS) is 19.8. The Labute approximate surface area is 152 Å². The molecule has 24 heavy (non-hydrogen) atoms. The summed E-state index contributed by atoms with van der Waals surface area (Å²) in [5, 5.41) is 3.07. The van der Waals surface area contributed by atoms with Crippen LogP contribution < -0.4 is 5.32 Å². The van der Waals surface area contributed by atoms with Gasteiger partial charge in [-0.25, -0.2) is 4.79 Å². The molecule has 3 nitrogen and oxygen atoms in total. The van der Waals surface area contributed by atoms with E-state index in [-0.39, 0.29) is 18.1 Å².